The number of benzene rings is 3. The van der Waals surface area contributed by atoms with Gasteiger partial charge in [0.15, 0.2) is 6.29 Å². The molecule has 188 valence electrons. The molecular formula is C33H31ClO3. The molecule has 4 saturated carbocycles. The van der Waals surface area contributed by atoms with Crippen LogP contribution < -0.4 is 4.74 Å². The van der Waals surface area contributed by atoms with Gasteiger partial charge in [0.05, 0.1) is 0 Å². The molecule has 0 radical (unpaired) electrons. The van der Waals surface area contributed by atoms with Gasteiger partial charge in [-0.3, -0.25) is 9.59 Å². The second-order valence-electron chi connectivity index (χ2n) is 11.3. The Kier molecular flexibility index (Phi) is 6.50. The molecular weight excluding hydrogens is 480 g/mol. The van der Waals surface area contributed by atoms with Crippen LogP contribution in [-0.4, -0.2) is 12.1 Å². The van der Waals surface area contributed by atoms with E-state index in [0.29, 0.717) is 17.9 Å². The molecule has 4 aliphatic carbocycles. The van der Waals surface area contributed by atoms with Crippen molar-refractivity contribution in [1.29, 1.82) is 0 Å². The van der Waals surface area contributed by atoms with Crippen molar-refractivity contribution in [3.05, 3.63) is 94.5 Å². The third-order valence-corrected chi connectivity index (χ3v) is 9.00. The highest BCUT2D eigenvalue weighted by Crippen LogP contribution is 2.62. The molecule has 0 aliphatic heterocycles. The van der Waals surface area contributed by atoms with Crippen LogP contribution in [0.2, 0.25) is 5.02 Å². The summed E-state index contributed by atoms with van der Waals surface area (Å²) in [6.07, 6.45) is 11.1. The molecule has 0 saturated heterocycles. The highest BCUT2D eigenvalue weighted by molar-refractivity contribution is 6.33. The van der Waals surface area contributed by atoms with Gasteiger partial charge in [0.1, 0.15) is 12.4 Å². The molecule has 3 aromatic rings. The summed E-state index contributed by atoms with van der Waals surface area (Å²) < 4.78 is 6.52. The minimum absolute atomic E-state index is 0.182. The van der Waals surface area contributed by atoms with E-state index < -0.39 is 5.78 Å². The highest BCUT2D eigenvalue weighted by Gasteiger charge is 2.52. The smallest absolute Gasteiger partial charge is 0.218 e. The Morgan fingerprint density at radius 2 is 1.62 bits per heavy atom. The van der Waals surface area contributed by atoms with E-state index in [1.165, 1.54) is 55.7 Å². The maximum Gasteiger partial charge on any atom is 0.218 e. The van der Waals surface area contributed by atoms with Crippen LogP contribution in [0, 0.1) is 17.8 Å². The Bertz CT molecular complexity index is 1320. The lowest BCUT2D eigenvalue weighted by Crippen LogP contribution is -2.48. The molecule has 7 rings (SSSR count). The van der Waals surface area contributed by atoms with E-state index in [1.54, 1.807) is 6.08 Å². The summed E-state index contributed by atoms with van der Waals surface area (Å²) in [5, 5.41) is 0.620. The summed E-state index contributed by atoms with van der Waals surface area (Å²) in [5.41, 5.74) is 5.53. The first-order chi connectivity index (χ1) is 18.0. The number of ketones is 1. The lowest BCUT2D eigenvalue weighted by Gasteiger charge is -2.57. The molecule has 0 spiro atoms. The minimum atomic E-state index is -0.563. The van der Waals surface area contributed by atoms with Crippen LogP contribution in [0.3, 0.4) is 0 Å². The number of hydrogen-bond acceptors (Lipinski definition) is 3. The van der Waals surface area contributed by atoms with Crippen molar-refractivity contribution in [2.45, 2.75) is 50.5 Å². The van der Waals surface area contributed by atoms with Crippen LogP contribution >= 0.6 is 11.6 Å². The summed E-state index contributed by atoms with van der Waals surface area (Å²) in [4.78, 5) is 21.9. The lowest BCUT2D eigenvalue weighted by atomic mass is 9.48. The second kappa shape index (κ2) is 9.95. The van der Waals surface area contributed by atoms with Crippen LogP contribution in [0.5, 0.6) is 5.75 Å². The normalized spacial score (nSPS) is 25.9. The van der Waals surface area contributed by atoms with E-state index in [-0.39, 0.29) is 5.41 Å². The van der Waals surface area contributed by atoms with Crippen LogP contribution in [-0.2, 0) is 21.6 Å². The van der Waals surface area contributed by atoms with Gasteiger partial charge >= 0.3 is 0 Å². The summed E-state index contributed by atoms with van der Waals surface area (Å²) in [7, 11) is 0. The van der Waals surface area contributed by atoms with Gasteiger partial charge in [-0.1, -0.05) is 66.2 Å². The summed E-state index contributed by atoms with van der Waals surface area (Å²) >= 11 is 6.75. The number of carbonyl (C=O) groups is 2. The third-order valence-electron chi connectivity index (χ3n) is 8.69. The van der Waals surface area contributed by atoms with Gasteiger partial charge in [0.25, 0.3) is 0 Å². The van der Waals surface area contributed by atoms with Gasteiger partial charge in [-0.05, 0) is 103 Å². The Balaban J connectivity index is 1.36. The predicted octanol–water partition coefficient (Wildman–Crippen LogP) is 7.84. The maximum absolute atomic E-state index is 11.3. The molecule has 0 N–H and O–H groups in total. The first-order valence-corrected chi connectivity index (χ1v) is 13.7. The van der Waals surface area contributed by atoms with Gasteiger partial charge in [0, 0.05) is 16.1 Å². The SMILES string of the molecule is O=CC(=O)/C=C/c1ccc(-c2ccc(OCc3ccccc3)c(C34CC5CC(CC(C5)C3)C4)c2)c(Cl)c1. The van der Waals surface area contributed by atoms with Crippen molar-refractivity contribution in [2.75, 3.05) is 0 Å². The fourth-order valence-corrected chi connectivity index (χ4v) is 7.80. The fourth-order valence-electron chi connectivity index (χ4n) is 7.50. The third kappa shape index (κ3) is 4.90. The standard InChI is InChI=1S/C33H31ClO3/c34-31-15-22(6-9-28(36)20-35)7-10-29(31)27-8-11-32(37-21-23-4-2-1-3-5-23)30(16-27)33-17-24-12-25(18-33)14-26(13-24)19-33/h1-11,15-16,20,24-26H,12-14,17-19,21H2/b9-6+. The number of aldehydes is 1. The first-order valence-electron chi connectivity index (χ1n) is 13.3. The van der Waals surface area contributed by atoms with Gasteiger partial charge in [-0.15, -0.1) is 0 Å². The summed E-state index contributed by atoms with van der Waals surface area (Å²) in [6.45, 7) is 0.556. The summed E-state index contributed by atoms with van der Waals surface area (Å²) in [6, 6.07) is 22.7. The zero-order valence-electron chi connectivity index (χ0n) is 20.9. The van der Waals surface area contributed by atoms with E-state index >= 15 is 0 Å². The zero-order chi connectivity index (χ0) is 25.4. The van der Waals surface area contributed by atoms with Crippen molar-refractivity contribution in [3.8, 4) is 16.9 Å². The fraction of sp³-hybridized carbons (Fsp3) is 0.333. The number of hydrogen-bond donors (Lipinski definition) is 0. The average Bonchev–Trinajstić information content (AvgIpc) is 2.90. The van der Waals surface area contributed by atoms with Crippen LogP contribution in [0.4, 0.5) is 0 Å². The molecule has 0 atom stereocenters. The molecule has 0 heterocycles. The zero-order valence-corrected chi connectivity index (χ0v) is 21.6. The number of ether oxygens (including phenoxy) is 1. The topological polar surface area (TPSA) is 43.4 Å². The molecule has 4 bridgehead atoms. The summed E-state index contributed by atoms with van der Waals surface area (Å²) in [5.74, 6) is 2.94. The van der Waals surface area contributed by atoms with Gasteiger partial charge in [-0.25, -0.2) is 0 Å². The molecule has 0 amide bonds. The second-order valence-corrected chi connectivity index (χ2v) is 11.7. The van der Waals surface area contributed by atoms with Gasteiger partial charge in [-0.2, -0.15) is 0 Å². The van der Waals surface area contributed by atoms with E-state index in [4.69, 9.17) is 16.3 Å². The number of halogens is 1. The van der Waals surface area contributed by atoms with Crippen LogP contribution in [0.1, 0.15) is 55.2 Å². The molecule has 3 aromatic carbocycles. The predicted molar refractivity (Wildman–Crippen MR) is 148 cm³/mol. The Morgan fingerprint density at radius 1 is 0.919 bits per heavy atom. The van der Waals surface area contributed by atoms with Crippen molar-refractivity contribution in [3.63, 3.8) is 0 Å². The molecule has 37 heavy (non-hydrogen) atoms. The number of carbonyl (C=O) groups excluding carboxylic acids is 2. The first kappa shape index (κ1) is 24.2. The molecule has 4 fully saturated rings. The van der Waals surface area contributed by atoms with E-state index in [2.05, 4.69) is 42.5 Å². The van der Waals surface area contributed by atoms with Gasteiger partial charge in [0.2, 0.25) is 5.78 Å². The molecule has 0 aromatic heterocycles. The van der Waals surface area contributed by atoms with Crippen LogP contribution in [0.25, 0.3) is 17.2 Å². The average molecular weight is 511 g/mol. The van der Waals surface area contributed by atoms with Crippen molar-refractivity contribution in [1.82, 2.24) is 0 Å². The van der Waals surface area contributed by atoms with E-state index in [1.807, 2.05) is 24.3 Å². The largest absolute Gasteiger partial charge is 0.489 e. The van der Waals surface area contributed by atoms with Crippen molar-refractivity contribution < 1.29 is 14.3 Å². The van der Waals surface area contributed by atoms with Crippen molar-refractivity contribution >= 4 is 29.7 Å². The quantitative estimate of drug-likeness (QED) is 0.176. The molecule has 0 unspecified atom stereocenters. The van der Waals surface area contributed by atoms with E-state index in [9.17, 15) is 9.59 Å². The Hall–Kier alpha value is -3.17. The highest BCUT2D eigenvalue weighted by atomic mass is 35.5. The van der Waals surface area contributed by atoms with Crippen LogP contribution in [0.15, 0.2) is 72.8 Å². The monoisotopic (exact) mass is 510 g/mol. The Labute approximate surface area is 223 Å². The van der Waals surface area contributed by atoms with Gasteiger partial charge < -0.3 is 4.74 Å². The molecule has 3 nitrogen and oxygen atoms in total. The lowest BCUT2D eigenvalue weighted by molar-refractivity contribution is -0.126. The van der Waals surface area contributed by atoms with Crippen molar-refractivity contribution in [2.24, 2.45) is 17.8 Å². The van der Waals surface area contributed by atoms with E-state index in [0.717, 1.165) is 40.2 Å². The molecule has 4 heteroatoms. The molecule has 4 aliphatic rings. The Morgan fingerprint density at radius 3 is 2.27 bits per heavy atom. The minimum Gasteiger partial charge on any atom is -0.489 e. The number of rotatable bonds is 8. The number of allylic oxidation sites excluding steroid dienone is 1. The maximum atomic E-state index is 11.3.